The molecule has 0 aliphatic rings. The number of aryl methyl sites for hydroxylation is 1. The van der Waals surface area contributed by atoms with Gasteiger partial charge in [0.1, 0.15) is 5.82 Å². The smallest absolute Gasteiger partial charge is 0.123 e. The summed E-state index contributed by atoms with van der Waals surface area (Å²) in [7, 11) is 0. The van der Waals surface area contributed by atoms with Crippen molar-refractivity contribution in [2.75, 3.05) is 5.73 Å². The van der Waals surface area contributed by atoms with Crippen molar-refractivity contribution >= 4 is 5.82 Å². The summed E-state index contributed by atoms with van der Waals surface area (Å²) >= 11 is 0. The Labute approximate surface area is 67.5 Å². The molecule has 1 aromatic rings. The second kappa shape index (κ2) is 2.91. The van der Waals surface area contributed by atoms with Gasteiger partial charge in [0.15, 0.2) is 0 Å². The van der Waals surface area contributed by atoms with E-state index in [1.165, 1.54) is 0 Å². The fourth-order valence-electron chi connectivity index (χ4n) is 0.969. The summed E-state index contributed by atoms with van der Waals surface area (Å²) in [6.45, 7) is 6.14. The fourth-order valence-corrected chi connectivity index (χ4v) is 0.969. The van der Waals surface area contributed by atoms with Crippen LogP contribution < -0.4 is 5.73 Å². The molecule has 0 spiro atoms. The Morgan fingerprint density at radius 1 is 1.55 bits per heavy atom. The topological polar surface area (TPSA) is 38.9 Å². The Kier molecular flexibility index (Phi) is 2.13. The number of hydrogen-bond acceptors (Lipinski definition) is 2. The molecule has 1 radical (unpaired) electrons. The van der Waals surface area contributed by atoms with Gasteiger partial charge in [0.25, 0.3) is 0 Å². The Bertz CT molecular complexity index is 233. The number of aromatic nitrogens is 1. The summed E-state index contributed by atoms with van der Waals surface area (Å²) in [4.78, 5) is 4.04. The van der Waals surface area contributed by atoms with Gasteiger partial charge in [-0.1, -0.05) is 13.8 Å². The van der Waals surface area contributed by atoms with Crippen molar-refractivity contribution < 1.29 is 0 Å². The molecule has 0 atom stereocenters. The van der Waals surface area contributed by atoms with Crippen molar-refractivity contribution in [1.29, 1.82) is 0 Å². The van der Waals surface area contributed by atoms with Crippen molar-refractivity contribution in [3.05, 3.63) is 23.4 Å². The maximum atomic E-state index is 5.57. The zero-order valence-corrected chi connectivity index (χ0v) is 7.18. The molecular weight excluding hydrogens is 136 g/mol. The number of pyridine rings is 1. The van der Waals surface area contributed by atoms with Crippen LogP contribution in [-0.2, 0) is 0 Å². The molecule has 11 heavy (non-hydrogen) atoms. The highest BCUT2D eigenvalue weighted by Gasteiger charge is 2.01. The molecule has 2 N–H and O–H groups in total. The zero-order chi connectivity index (χ0) is 8.43. The zero-order valence-electron chi connectivity index (χ0n) is 7.18. The number of nitrogen functional groups attached to an aromatic ring is 1. The highest BCUT2D eigenvalue weighted by Crippen LogP contribution is 2.15. The second-order valence-corrected chi connectivity index (χ2v) is 3.00. The molecule has 2 heteroatoms. The van der Waals surface area contributed by atoms with E-state index in [-0.39, 0.29) is 0 Å². The van der Waals surface area contributed by atoms with E-state index in [2.05, 4.69) is 24.9 Å². The molecule has 0 amide bonds. The van der Waals surface area contributed by atoms with Crippen LogP contribution in [0.5, 0.6) is 0 Å². The molecular formula is C9H13N2. The summed E-state index contributed by atoms with van der Waals surface area (Å²) in [6, 6.07) is 5.03. The van der Waals surface area contributed by atoms with Gasteiger partial charge in [0.2, 0.25) is 0 Å². The quantitative estimate of drug-likeness (QED) is 0.662. The van der Waals surface area contributed by atoms with Gasteiger partial charge in [-0.15, -0.1) is 0 Å². The number of rotatable bonds is 1. The maximum absolute atomic E-state index is 5.57. The normalized spacial score (nSPS) is 10.5. The van der Waals surface area contributed by atoms with Crippen LogP contribution in [0.4, 0.5) is 5.82 Å². The van der Waals surface area contributed by atoms with E-state index >= 15 is 0 Å². The summed E-state index contributed by atoms with van der Waals surface area (Å²) < 4.78 is 0. The highest BCUT2D eigenvalue weighted by atomic mass is 14.8. The Hall–Kier alpha value is -1.05. The molecule has 1 aromatic heterocycles. The van der Waals surface area contributed by atoms with Crippen LogP contribution in [0.1, 0.15) is 31.0 Å². The first-order valence-corrected chi connectivity index (χ1v) is 3.76. The SMILES string of the molecule is Cc1[c]c(C(C)C)cc(N)n1. The molecule has 2 nitrogen and oxygen atoms in total. The molecule has 1 rings (SSSR count). The summed E-state index contributed by atoms with van der Waals surface area (Å²) in [5.74, 6) is 1.06. The van der Waals surface area contributed by atoms with Crippen LogP contribution in [-0.4, -0.2) is 4.98 Å². The van der Waals surface area contributed by atoms with Crippen LogP contribution in [0.25, 0.3) is 0 Å². The standard InChI is InChI=1S/C9H13N2/c1-6(2)8-4-7(3)11-9(10)5-8/h5-6H,1-3H3,(H2,10,11). The third kappa shape index (κ3) is 1.93. The third-order valence-corrected chi connectivity index (χ3v) is 1.55. The molecule has 1 heterocycles. The van der Waals surface area contributed by atoms with Gasteiger partial charge in [-0.3, -0.25) is 0 Å². The molecule has 0 bridgehead atoms. The molecule has 0 aromatic carbocycles. The fraction of sp³-hybridized carbons (Fsp3) is 0.444. The monoisotopic (exact) mass is 149 g/mol. The van der Waals surface area contributed by atoms with Gasteiger partial charge >= 0.3 is 0 Å². The van der Waals surface area contributed by atoms with Gasteiger partial charge in [0, 0.05) is 11.8 Å². The first kappa shape index (κ1) is 8.05. The molecule has 0 saturated carbocycles. The first-order valence-electron chi connectivity index (χ1n) is 3.76. The van der Waals surface area contributed by atoms with Crippen molar-refractivity contribution in [1.82, 2.24) is 4.98 Å². The lowest BCUT2D eigenvalue weighted by Crippen LogP contribution is -1.97. The average molecular weight is 149 g/mol. The van der Waals surface area contributed by atoms with Crippen molar-refractivity contribution in [3.8, 4) is 0 Å². The molecule has 0 fully saturated rings. The highest BCUT2D eigenvalue weighted by molar-refractivity contribution is 5.35. The Morgan fingerprint density at radius 3 is 2.64 bits per heavy atom. The summed E-state index contributed by atoms with van der Waals surface area (Å²) in [5.41, 5.74) is 7.57. The van der Waals surface area contributed by atoms with E-state index in [0.29, 0.717) is 11.7 Å². The van der Waals surface area contributed by atoms with Gasteiger partial charge in [0.05, 0.1) is 0 Å². The molecule has 0 aliphatic heterocycles. The number of nitrogens with zero attached hydrogens (tertiary/aromatic N) is 1. The lowest BCUT2D eigenvalue weighted by atomic mass is 10.0. The molecule has 59 valence electrons. The number of nitrogens with two attached hydrogens (primary N) is 1. The summed E-state index contributed by atoms with van der Waals surface area (Å²) in [6.07, 6.45) is 0. The first-order chi connectivity index (χ1) is 5.09. The van der Waals surface area contributed by atoms with E-state index in [4.69, 9.17) is 5.73 Å². The summed E-state index contributed by atoms with van der Waals surface area (Å²) in [5, 5.41) is 0. The van der Waals surface area contributed by atoms with Crippen LogP contribution in [0.2, 0.25) is 0 Å². The predicted octanol–water partition coefficient (Wildman–Crippen LogP) is 1.90. The molecule has 0 aliphatic carbocycles. The van der Waals surface area contributed by atoms with Crippen molar-refractivity contribution in [3.63, 3.8) is 0 Å². The lowest BCUT2D eigenvalue weighted by Gasteiger charge is -2.05. The minimum absolute atomic E-state index is 0.471. The Morgan fingerprint density at radius 2 is 2.18 bits per heavy atom. The number of anilines is 1. The van der Waals surface area contributed by atoms with E-state index < -0.39 is 0 Å². The van der Waals surface area contributed by atoms with Crippen molar-refractivity contribution in [2.24, 2.45) is 0 Å². The van der Waals surface area contributed by atoms with E-state index in [1.807, 2.05) is 13.0 Å². The van der Waals surface area contributed by atoms with Gasteiger partial charge in [-0.05, 0) is 24.5 Å². The van der Waals surface area contributed by atoms with E-state index in [1.54, 1.807) is 0 Å². The lowest BCUT2D eigenvalue weighted by molar-refractivity contribution is 0.858. The van der Waals surface area contributed by atoms with Crippen LogP contribution in [0.3, 0.4) is 0 Å². The Balaban J connectivity index is 3.08. The van der Waals surface area contributed by atoms with Crippen molar-refractivity contribution in [2.45, 2.75) is 26.7 Å². The van der Waals surface area contributed by atoms with Crippen LogP contribution in [0.15, 0.2) is 6.07 Å². The minimum atomic E-state index is 0.471. The van der Waals surface area contributed by atoms with Crippen LogP contribution in [0, 0.1) is 13.0 Å². The largest absolute Gasteiger partial charge is 0.384 e. The van der Waals surface area contributed by atoms with Gasteiger partial charge in [-0.2, -0.15) is 0 Å². The van der Waals surface area contributed by atoms with E-state index in [0.717, 1.165) is 11.3 Å². The second-order valence-electron chi connectivity index (χ2n) is 3.00. The molecule has 0 unspecified atom stereocenters. The third-order valence-electron chi connectivity index (χ3n) is 1.55. The number of hydrogen-bond donors (Lipinski definition) is 1. The minimum Gasteiger partial charge on any atom is -0.384 e. The molecule has 0 saturated heterocycles. The van der Waals surface area contributed by atoms with Gasteiger partial charge in [-0.25, -0.2) is 4.98 Å². The van der Waals surface area contributed by atoms with E-state index in [9.17, 15) is 0 Å². The van der Waals surface area contributed by atoms with Gasteiger partial charge < -0.3 is 5.73 Å². The predicted molar refractivity (Wildman–Crippen MR) is 46.3 cm³/mol. The average Bonchev–Trinajstić information content (AvgIpc) is 1.85. The maximum Gasteiger partial charge on any atom is 0.123 e. The van der Waals surface area contributed by atoms with Crippen LogP contribution >= 0.6 is 0 Å².